The summed E-state index contributed by atoms with van der Waals surface area (Å²) in [6, 6.07) is 16.0. The highest BCUT2D eigenvalue weighted by atomic mass is 32.1. The van der Waals surface area contributed by atoms with Crippen LogP contribution in [0.1, 0.15) is 42.7 Å². The van der Waals surface area contributed by atoms with Crippen LogP contribution in [-0.4, -0.2) is 21.5 Å². The van der Waals surface area contributed by atoms with E-state index >= 15 is 4.39 Å². The quantitative estimate of drug-likeness (QED) is 0.196. The van der Waals surface area contributed by atoms with Gasteiger partial charge >= 0.3 is 12.1 Å². The number of amides is 1. The molecule has 204 valence electrons. The van der Waals surface area contributed by atoms with Crippen LogP contribution >= 0.6 is 34.2 Å². The van der Waals surface area contributed by atoms with Crippen molar-refractivity contribution in [3.05, 3.63) is 83.1 Å². The van der Waals surface area contributed by atoms with Crippen molar-refractivity contribution in [2.45, 2.75) is 38.2 Å². The molecule has 1 amide bonds. The summed E-state index contributed by atoms with van der Waals surface area (Å²) in [6.45, 7) is 3.61. The monoisotopic (exact) mass is 596 g/mol. The highest BCUT2D eigenvalue weighted by Gasteiger charge is 2.53. The summed E-state index contributed by atoms with van der Waals surface area (Å²) in [4.78, 5) is 26.5. The molecule has 0 saturated heterocycles. The number of ether oxygens (including phenoxy) is 1. The van der Waals surface area contributed by atoms with Crippen molar-refractivity contribution >= 4 is 61.4 Å². The maximum absolute atomic E-state index is 15.1. The van der Waals surface area contributed by atoms with Crippen molar-refractivity contribution in [1.82, 2.24) is 4.37 Å². The summed E-state index contributed by atoms with van der Waals surface area (Å²) in [5, 5.41) is 12.3. The molecular formula is C29H22F2N2O4S3. The van der Waals surface area contributed by atoms with Crippen molar-refractivity contribution in [3.8, 4) is 20.2 Å². The molecule has 2 N–H and O–H groups in total. The number of halogens is 2. The number of nitrogens with zero attached hydrogens (tertiary/aromatic N) is 1. The van der Waals surface area contributed by atoms with E-state index in [0.29, 0.717) is 29.1 Å². The number of rotatable bonds is 7. The molecule has 1 aliphatic carbocycles. The molecule has 6 nitrogen and oxygen atoms in total. The van der Waals surface area contributed by atoms with Gasteiger partial charge in [0.15, 0.2) is 11.6 Å². The van der Waals surface area contributed by atoms with Gasteiger partial charge in [0.25, 0.3) is 0 Å². The Labute approximate surface area is 240 Å². The van der Waals surface area contributed by atoms with E-state index < -0.39 is 35.2 Å². The zero-order valence-corrected chi connectivity index (χ0v) is 23.7. The molecule has 40 heavy (non-hydrogen) atoms. The van der Waals surface area contributed by atoms with Crippen LogP contribution in [0.4, 0.5) is 19.3 Å². The molecule has 3 aromatic heterocycles. The molecule has 1 unspecified atom stereocenters. The Bertz CT molecular complexity index is 1740. The van der Waals surface area contributed by atoms with Crippen LogP contribution in [0.5, 0.6) is 0 Å². The SMILES string of the molecule is Cc1nsc(-c2cc3sc(-c4ccc(C5(C(=O)O)CC5)c(F)c4F)cc3s2)c1NC(=O)OC(C)c1ccccc1. The Hall–Kier alpha value is -3.67. The van der Waals surface area contributed by atoms with E-state index in [4.69, 9.17) is 4.74 Å². The van der Waals surface area contributed by atoms with Crippen LogP contribution in [0.2, 0.25) is 0 Å². The van der Waals surface area contributed by atoms with Gasteiger partial charge in [-0.1, -0.05) is 42.5 Å². The molecule has 2 aromatic carbocycles. The zero-order chi connectivity index (χ0) is 28.2. The first-order valence-electron chi connectivity index (χ1n) is 12.4. The lowest BCUT2D eigenvalue weighted by Gasteiger charge is -2.14. The van der Waals surface area contributed by atoms with E-state index in [2.05, 4.69) is 9.69 Å². The van der Waals surface area contributed by atoms with E-state index in [-0.39, 0.29) is 11.1 Å². The van der Waals surface area contributed by atoms with Gasteiger partial charge < -0.3 is 9.84 Å². The summed E-state index contributed by atoms with van der Waals surface area (Å²) in [5.74, 6) is -3.26. The smallest absolute Gasteiger partial charge is 0.412 e. The van der Waals surface area contributed by atoms with Crippen LogP contribution in [0.3, 0.4) is 0 Å². The van der Waals surface area contributed by atoms with Gasteiger partial charge in [-0.05, 0) is 55.9 Å². The number of nitrogens with one attached hydrogen (secondary N) is 1. The van der Waals surface area contributed by atoms with Gasteiger partial charge in [0.05, 0.1) is 26.6 Å². The number of carbonyl (C=O) groups is 2. The second-order valence-corrected chi connectivity index (χ2v) is 12.6. The molecule has 6 rings (SSSR count). The molecule has 5 aromatic rings. The number of hydrogen-bond donors (Lipinski definition) is 2. The van der Waals surface area contributed by atoms with Crippen LogP contribution in [0, 0.1) is 18.6 Å². The molecule has 1 saturated carbocycles. The Balaban J connectivity index is 1.24. The normalized spacial score (nSPS) is 14.7. The Kier molecular flexibility index (Phi) is 6.68. The molecule has 1 aliphatic rings. The van der Waals surface area contributed by atoms with Crippen molar-refractivity contribution in [3.63, 3.8) is 0 Å². The van der Waals surface area contributed by atoms with Gasteiger partial charge in [0.2, 0.25) is 0 Å². The number of carboxylic acids is 1. The minimum Gasteiger partial charge on any atom is -0.481 e. The highest BCUT2D eigenvalue weighted by molar-refractivity contribution is 7.32. The molecule has 1 atom stereocenters. The van der Waals surface area contributed by atoms with Crippen molar-refractivity contribution in [2.75, 3.05) is 5.32 Å². The predicted octanol–water partition coefficient (Wildman–Crippen LogP) is 8.77. The van der Waals surface area contributed by atoms with Crippen molar-refractivity contribution in [2.24, 2.45) is 0 Å². The van der Waals surface area contributed by atoms with Crippen LogP contribution < -0.4 is 5.32 Å². The first kappa shape index (κ1) is 26.5. The van der Waals surface area contributed by atoms with Crippen molar-refractivity contribution < 1.29 is 28.2 Å². The summed E-state index contributed by atoms with van der Waals surface area (Å²) in [6.07, 6.45) is -0.417. The molecule has 3 heterocycles. The average molecular weight is 597 g/mol. The largest absolute Gasteiger partial charge is 0.481 e. The highest BCUT2D eigenvalue weighted by Crippen LogP contribution is 2.51. The van der Waals surface area contributed by atoms with Gasteiger partial charge in [-0.25, -0.2) is 13.6 Å². The summed E-state index contributed by atoms with van der Waals surface area (Å²) < 4.78 is 41.8. The van der Waals surface area contributed by atoms with Gasteiger partial charge in [0, 0.05) is 25.4 Å². The number of carbonyl (C=O) groups excluding carboxylic acids is 1. The fourth-order valence-corrected chi connectivity index (χ4v) is 8.04. The van der Waals surface area contributed by atoms with E-state index in [9.17, 15) is 19.1 Å². The lowest BCUT2D eigenvalue weighted by molar-refractivity contribution is -0.140. The molecule has 0 bridgehead atoms. The Morgan fingerprint density at radius 1 is 1.02 bits per heavy atom. The molecule has 1 fully saturated rings. The van der Waals surface area contributed by atoms with Gasteiger partial charge in [-0.3, -0.25) is 10.1 Å². The first-order valence-corrected chi connectivity index (χ1v) is 14.8. The van der Waals surface area contributed by atoms with Crippen LogP contribution in [0.25, 0.3) is 29.6 Å². The maximum Gasteiger partial charge on any atom is 0.412 e. The summed E-state index contributed by atoms with van der Waals surface area (Å²) >= 11 is 4.03. The van der Waals surface area contributed by atoms with E-state index in [0.717, 1.165) is 24.7 Å². The number of aliphatic carboxylic acids is 1. The molecule has 0 radical (unpaired) electrons. The number of aromatic nitrogens is 1. The van der Waals surface area contributed by atoms with Crippen LogP contribution in [-0.2, 0) is 14.9 Å². The van der Waals surface area contributed by atoms with E-state index in [1.54, 1.807) is 19.9 Å². The fraction of sp³-hybridized carbons (Fsp3) is 0.207. The third-order valence-electron chi connectivity index (χ3n) is 7.10. The summed E-state index contributed by atoms with van der Waals surface area (Å²) in [5.41, 5.74) is 0.795. The van der Waals surface area contributed by atoms with Gasteiger partial charge in [-0.2, -0.15) is 4.37 Å². The fourth-order valence-electron chi connectivity index (χ4n) is 4.68. The Morgan fingerprint density at radius 3 is 2.38 bits per heavy atom. The molecule has 0 aliphatic heterocycles. The topological polar surface area (TPSA) is 88.5 Å². The minimum atomic E-state index is -1.32. The third kappa shape index (κ3) is 4.57. The predicted molar refractivity (Wildman–Crippen MR) is 154 cm³/mol. The van der Waals surface area contributed by atoms with Gasteiger partial charge in [0.1, 0.15) is 6.10 Å². The Morgan fingerprint density at radius 2 is 1.70 bits per heavy atom. The minimum absolute atomic E-state index is 0.0980. The molecule has 0 spiro atoms. The molecule has 11 heteroatoms. The lowest BCUT2D eigenvalue weighted by Crippen LogP contribution is -2.21. The zero-order valence-electron chi connectivity index (χ0n) is 21.3. The number of aryl methyl sites for hydroxylation is 1. The van der Waals surface area contributed by atoms with E-state index in [1.807, 2.05) is 36.4 Å². The second kappa shape index (κ2) is 10.1. The first-order chi connectivity index (χ1) is 19.2. The van der Waals surface area contributed by atoms with E-state index in [1.165, 1.54) is 46.3 Å². The number of hydrogen-bond acceptors (Lipinski definition) is 7. The number of thiophene rings is 2. The number of fused-ring (bicyclic) bond motifs is 1. The number of carboxylic acid groups (broad SMARTS) is 1. The second-order valence-electron chi connectivity index (χ2n) is 9.68. The van der Waals surface area contributed by atoms with Crippen molar-refractivity contribution in [1.29, 1.82) is 0 Å². The van der Waals surface area contributed by atoms with Crippen LogP contribution in [0.15, 0.2) is 54.6 Å². The molecular weight excluding hydrogens is 575 g/mol. The standard InChI is InChI=1S/C29H22F2N2O4S3/c1-14-25(32-28(36)37-15(2)16-6-4-3-5-7-16)26(40-33-14)22-13-21-20(39-22)12-19(38-21)17-8-9-18(24(31)23(17)30)29(10-11-29)27(34)35/h3-9,12-13,15H,10-11H2,1-2H3,(H,32,36)(H,34,35). The maximum atomic E-state index is 15.1. The van der Waals surface area contributed by atoms with Gasteiger partial charge in [-0.15, -0.1) is 22.7 Å². The average Bonchev–Trinajstić information content (AvgIpc) is 3.34. The summed E-state index contributed by atoms with van der Waals surface area (Å²) in [7, 11) is 0. The number of benzene rings is 2. The third-order valence-corrected chi connectivity index (χ3v) is 10.5. The lowest BCUT2D eigenvalue weighted by atomic mass is 9.94. The number of anilines is 1.